The van der Waals surface area contributed by atoms with Gasteiger partial charge in [-0.25, -0.2) is 4.79 Å². The second-order valence-electron chi connectivity index (χ2n) is 12.0. The molecule has 3 aliphatic rings. The number of carbonyl (C=O) groups excluding carboxylic acids is 2. The van der Waals surface area contributed by atoms with Crippen molar-refractivity contribution in [1.82, 2.24) is 24.5 Å². The topological polar surface area (TPSA) is 131 Å². The van der Waals surface area contributed by atoms with Crippen molar-refractivity contribution in [3.05, 3.63) is 80.7 Å². The fourth-order valence-corrected chi connectivity index (χ4v) is 6.16. The number of azide groups is 1. The summed E-state index contributed by atoms with van der Waals surface area (Å²) in [5.41, 5.74) is 13.6. The van der Waals surface area contributed by atoms with E-state index in [2.05, 4.69) is 32.2 Å². The van der Waals surface area contributed by atoms with Gasteiger partial charge >= 0.3 is 6.09 Å². The standard InChI is InChI=1S/C30H36N8O3/c1-30(2,19-32-35-31)41-29(40)37-18-21-16-23(14-15-25(21)33-37)38(22-12-13-22)28(39)27-24-10-6-7-11-26(24)34-36(27)17-20-8-4-3-5-9-20/h3-5,8-9,18,22-23H,6-7,10-17,19H2,1-2H3. The molecular formula is C30H36N8O3. The molecule has 0 saturated heterocycles. The predicted molar refractivity (Wildman–Crippen MR) is 152 cm³/mol. The van der Waals surface area contributed by atoms with Crippen LogP contribution in [0.5, 0.6) is 0 Å². The molecule has 214 valence electrons. The Labute approximate surface area is 239 Å². The molecule has 1 aromatic carbocycles. The van der Waals surface area contributed by atoms with E-state index in [4.69, 9.17) is 15.4 Å². The molecule has 3 aromatic rings. The van der Waals surface area contributed by atoms with Crippen LogP contribution < -0.4 is 0 Å². The van der Waals surface area contributed by atoms with E-state index in [-0.39, 0.29) is 24.5 Å². The van der Waals surface area contributed by atoms with Gasteiger partial charge in [-0.15, -0.1) is 0 Å². The third kappa shape index (κ3) is 5.72. The maximum Gasteiger partial charge on any atom is 0.435 e. The molecule has 1 amide bonds. The number of hydrogen-bond donors (Lipinski definition) is 0. The Morgan fingerprint density at radius 2 is 1.85 bits per heavy atom. The van der Waals surface area contributed by atoms with Crippen molar-refractivity contribution in [2.75, 3.05) is 6.54 Å². The Hall–Kier alpha value is -4.11. The van der Waals surface area contributed by atoms with Gasteiger partial charge < -0.3 is 9.64 Å². The molecule has 0 spiro atoms. The van der Waals surface area contributed by atoms with Crippen LogP contribution in [0.4, 0.5) is 4.79 Å². The molecule has 0 bridgehead atoms. The van der Waals surface area contributed by atoms with E-state index in [1.807, 2.05) is 22.9 Å². The van der Waals surface area contributed by atoms with Crippen molar-refractivity contribution < 1.29 is 14.3 Å². The first kappa shape index (κ1) is 27.1. The highest BCUT2D eigenvalue weighted by atomic mass is 16.6. The molecule has 6 rings (SSSR count). The summed E-state index contributed by atoms with van der Waals surface area (Å²) in [5, 5.41) is 13.0. The molecule has 0 N–H and O–H groups in total. The highest BCUT2D eigenvalue weighted by Gasteiger charge is 2.42. The van der Waals surface area contributed by atoms with Crippen molar-refractivity contribution in [2.45, 2.75) is 95.9 Å². The quantitative estimate of drug-likeness (QED) is 0.213. The summed E-state index contributed by atoms with van der Waals surface area (Å²) in [6, 6.07) is 10.5. The van der Waals surface area contributed by atoms with E-state index in [9.17, 15) is 9.59 Å². The number of amides is 1. The minimum Gasteiger partial charge on any atom is -0.442 e. The van der Waals surface area contributed by atoms with Gasteiger partial charge in [-0.1, -0.05) is 35.4 Å². The minimum absolute atomic E-state index is 0.0249. The smallest absolute Gasteiger partial charge is 0.435 e. The molecule has 2 heterocycles. The summed E-state index contributed by atoms with van der Waals surface area (Å²) >= 11 is 0. The van der Waals surface area contributed by atoms with Crippen LogP contribution in [0.1, 0.15) is 84.5 Å². The summed E-state index contributed by atoms with van der Waals surface area (Å²) in [7, 11) is 0. The number of carbonyl (C=O) groups is 2. The molecular weight excluding hydrogens is 520 g/mol. The van der Waals surface area contributed by atoms with Crippen LogP contribution in [0.2, 0.25) is 0 Å². The number of aryl methyl sites for hydroxylation is 2. The van der Waals surface area contributed by atoms with Crippen LogP contribution in [0.25, 0.3) is 10.4 Å². The maximum absolute atomic E-state index is 14.5. The van der Waals surface area contributed by atoms with Crippen molar-refractivity contribution in [1.29, 1.82) is 0 Å². The summed E-state index contributed by atoms with van der Waals surface area (Å²) in [6.45, 7) is 3.99. The molecule has 41 heavy (non-hydrogen) atoms. The van der Waals surface area contributed by atoms with E-state index in [0.717, 1.165) is 78.7 Å². The molecule has 1 atom stereocenters. The number of rotatable bonds is 8. The van der Waals surface area contributed by atoms with E-state index in [1.165, 1.54) is 4.68 Å². The first-order valence-electron chi connectivity index (χ1n) is 14.6. The highest BCUT2D eigenvalue weighted by molar-refractivity contribution is 5.95. The summed E-state index contributed by atoms with van der Waals surface area (Å²) in [6.07, 6.45) is 9.25. The lowest BCUT2D eigenvalue weighted by Gasteiger charge is -2.34. The average molecular weight is 557 g/mol. The second-order valence-corrected chi connectivity index (χ2v) is 12.0. The predicted octanol–water partition coefficient (Wildman–Crippen LogP) is 5.24. The highest BCUT2D eigenvalue weighted by Crippen LogP contribution is 2.36. The van der Waals surface area contributed by atoms with Gasteiger partial charge in [0.2, 0.25) is 0 Å². The number of nitrogens with zero attached hydrogens (tertiary/aromatic N) is 8. The van der Waals surface area contributed by atoms with Gasteiger partial charge in [0.15, 0.2) is 0 Å². The second kappa shape index (κ2) is 11.0. The molecule has 1 unspecified atom stereocenters. The largest absolute Gasteiger partial charge is 0.442 e. The van der Waals surface area contributed by atoms with Crippen molar-refractivity contribution in [3.8, 4) is 0 Å². The van der Waals surface area contributed by atoms with E-state index in [0.29, 0.717) is 19.4 Å². The van der Waals surface area contributed by atoms with Crippen molar-refractivity contribution in [2.24, 2.45) is 5.11 Å². The molecule has 3 aliphatic carbocycles. The lowest BCUT2D eigenvalue weighted by atomic mass is 9.91. The Morgan fingerprint density at radius 1 is 1.07 bits per heavy atom. The van der Waals surface area contributed by atoms with Gasteiger partial charge in [0.1, 0.15) is 11.3 Å². The van der Waals surface area contributed by atoms with E-state index < -0.39 is 11.7 Å². The summed E-state index contributed by atoms with van der Waals surface area (Å²) in [5.74, 6) is 0.0825. The Morgan fingerprint density at radius 3 is 2.61 bits per heavy atom. The van der Waals surface area contributed by atoms with Gasteiger partial charge in [-0.2, -0.15) is 14.9 Å². The molecule has 1 saturated carbocycles. The molecule has 1 fully saturated rings. The Balaban J connectivity index is 1.25. The minimum atomic E-state index is -0.949. The van der Waals surface area contributed by atoms with Crippen LogP contribution in [0, 0.1) is 0 Å². The number of ether oxygens (including phenoxy) is 1. The zero-order valence-electron chi connectivity index (χ0n) is 23.7. The van der Waals surface area contributed by atoms with Gasteiger partial charge in [-0.05, 0) is 88.3 Å². The van der Waals surface area contributed by atoms with E-state index in [1.54, 1.807) is 20.0 Å². The zero-order chi connectivity index (χ0) is 28.6. The van der Waals surface area contributed by atoms with Crippen LogP contribution in [-0.4, -0.2) is 60.7 Å². The van der Waals surface area contributed by atoms with Crippen LogP contribution in [0.15, 0.2) is 41.6 Å². The molecule has 11 heteroatoms. The van der Waals surface area contributed by atoms with Gasteiger partial charge in [0.05, 0.1) is 24.5 Å². The van der Waals surface area contributed by atoms with Gasteiger partial charge in [0, 0.05) is 28.8 Å². The number of fused-ring (bicyclic) bond motifs is 2. The monoisotopic (exact) mass is 556 g/mol. The van der Waals surface area contributed by atoms with Crippen LogP contribution in [0.3, 0.4) is 0 Å². The lowest BCUT2D eigenvalue weighted by molar-refractivity contribution is 0.0441. The molecule has 2 aromatic heterocycles. The van der Waals surface area contributed by atoms with Crippen LogP contribution >= 0.6 is 0 Å². The van der Waals surface area contributed by atoms with Crippen molar-refractivity contribution in [3.63, 3.8) is 0 Å². The molecule has 0 radical (unpaired) electrons. The normalized spacial score (nSPS) is 18.1. The van der Waals surface area contributed by atoms with E-state index >= 15 is 0 Å². The Bertz CT molecular complexity index is 1500. The van der Waals surface area contributed by atoms with Crippen molar-refractivity contribution >= 4 is 12.0 Å². The third-order valence-corrected chi connectivity index (χ3v) is 8.28. The number of aromatic nitrogens is 4. The number of benzene rings is 1. The summed E-state index contributed by atoms with van der Waals surface area (Å²) < 4.78 is 8.73. The van der Waals surface area contributed by atoms with Gasteiger partial charge in [0.25, 0.3) is 5.91 Å². The average Bonchev–Trinajstić information content (AvgIpc) is 3.58. The SMILES string of the molecule is CC(C)(CN=[N+]=[N-])OC(=O)n1cc2c(n1)CCC(N(C(=O)c1c3c(nn1Cc1ccccc1)CCCC3)C1CC1)C2. The first-order chi connectivity index (χ1) is 19.8. The lowest BCUT2D eigenvalue weighted by Crippen LogP contribution is -2.45. The third-order valence-electron chi connectivity index (χ3n) is 8.28. The van der Waals surface area contributed by atoms with Gasteiger partial charge in [-0.3, -0.25) is 9.48 Å². The first-order valence-corrected chi connectivity index (χ1v) is 14.6. The Kier molecular flexibility index (Phi) is 7.30. The molecule has 11 nitrogen and oxygen atoms in total. The summed E-state index contributed by atoms with van der Waals surface area (Å²) in [4.78, 5) is 32.2. The fraction of sp³-hybridized carbons (Fsp3) is 0.533. The fourth-order valence-electron chi connectivity index (χ4n) is 6.16. The maximum atomic E-state index is 14.5. The molecule has 0 aliphatic heterocycles. The zero-order valence-corrected chi connectivity index (χ0v) is 23.7. The number of hydrogen-bond acceptors (Lipinski definition) is 6. The van der Waals surface area contributed by atoms with Crippen LogP contribution in [-0.2, 0) is 37.0 Å².